The van der Waals surface area contributed by atoms with Gasteiger partial charge in [0.15, 0.2) is 0 Å². The molecule has 0 unspecified atom stereocenters. The monoisotopic (exact) mass is 269 g/mol. The van der Waals surface area contributed by atoms with Gasteiger partial charge in [-0.2, -0.15) is 0 Å². The molecule has 4 nitrogen and oxygen atoms in total. The highest BCUT2D eigenvalue weighted by atomic mass is 16.6. The molecule has 0 saturated heterocycles. The lowest BCUT2D eigenvalue weighted by Gasteiger charge is -2.29. The van der Waals surface area contributed by atoms with E-state index in [-0.39, 0.29) is 6.09 Å². The van der Waals surface area contributed by atoms with E-state index in [1.807, 2.05) is 43.3 Å². The van der Waals surface area contributed by atoms with Gasteiger partial charge in [-0.3, -0.25) is 4.90 Å². The van der Waals surface area contributed by atoms with E-state index in [4.69, 9.17) is 9.47 Å². The summed E-state index contributed by atoms with van der Waals surface area (Å²) >= 11 is 0. The van der Waals surface area contributed by atoms with Crippen molar-refractivity contribution < 1.29 is 14.3 Å². The number of rotatable bonds is 1. The second-order valence-electron chi connectivity index (χ2n) is 4.65. The molecule has 1 aliphatic heterocycles. The second-order valence-corrected chi connectivity index (χ2v) is 4.65. The summed E-state index contributed by atoms with van der Waals surface area (Å²) in [6.07, 6.45) is -0.383. The molecule has 2 aromatic carbocycles. The van der Waals surface area contributed by atoms with Crippen LogP contribution in [0.15, 0.2) is 48.5 Å². The van der Waals surface area contributed by atoms with Crippen LogP contribution < -0.4 is 14.4 Å². The van der Waals surface area contributed by atoms with E-state index in [2.05, 4.69) is 0 Å². The Morgan fingerprint density at radius 1 is 1.20 bits per heavy atom. The zero-order valence-electron chi connectivity index (χ0n) is 11.2. The summed E-state index contributed by atoms with van der Waals surface area (Å²) in [6, 6.07) is 14.8. The predicted octanol–water partition coefficient (Wildman–Crippen LogP) is 3.39. The molecule has 2 aromatic rings. The third-order valence-corrected chi connectivity index (χ3v) is 3.15. The molecule has 0 bridgehead atoms. The van der Waals surface area contributed by atoms with Gasteiger partial charge >= 0.3 is 6.09 Å². The van der Waals surface area contributed by atoms with Gasteiger partial charge < -0.3 is 9.47 Å². The lowest BCUT2D eigenvalue weighted by Crippen LogP contribution is -2.39. The fourth-order valence-corrected chi connectivity index (χ4v) is 2.16. The number of ether oxygens (including phenoxy) is 2. The van der Waals surface area contributed by atoms with Crippen molar-refractivity contribution in [2.75, 3.05) is 18.1 Å². The third kappa shape index (κ3) is 2.45. The first-order chi connectivity index (χ1) is 9.74. The van der Waals surface area contributed by atoms with Crippen molar-refractivity contribution in [1.29, 1.82) is 0 Å². The Balaban J connectivity index is 1.85. The normalized spacial score (nSPS) is 13.3. The average molecular weight is 269 g/mol. The molecule has 0 saturated carbocycles. The Kier molecular flexibility index (Phi) is 3.29. The van der Waals surface area contributed by atoms with Crippen molar-refractivity contribution in [3.63, 3.8) is 0 Å². The van der Waals surface area contributed by atoms with E-state index in [0.717, 1.165) is 11.3 Å². The fourth-order valence-electron chi connectivity index (χ4n) is 2.16. The van der Waals surface area contributed by atoms with Crippen LogP contribution in [-0.2, 0) is 0 Å². The minimum atomic E-state index is -0.383. The quantitative estimate of drug-likeness (QED) is 0.796. The highest BCUT2D eigenvalue weighted by molar-refractivity contribution is 5.91. The van der Waals surface area contributed by atoms with E-state index in [1.54, 1.807) is 17.0 Å². The molecule has 102 valence electrons. The minimum absolute atomic E-state index is 0.383. The summed E-state index contributed by atoms with van der Waals surface area (Å²) in [4.78, 5) is 13.9. The smallest absolute Gasteiger partial charge is 0.419 e. The summed E-state index contributed by atoms with van der Waals surface area (Å²) in [7, 11) is 0. The summed E-state index contributed by atoms with van der Waals surface area (Å²) in [5, 5.41) is 0. The van der Waals surface area contributed by atoms with E-state index >= 15 is 0 Å². The lowest BCUT2D eigenvalue weighted by molar-refractivity contribution is 0.202. The number of hydrogen-bond acceptors (Lipinski definition) is 3. The van der Waals surface area contributed by atoms with E-state index in [1.165, 1.54) is 0 Å². The number of hydrogen-bond donors (Lipinski definition) is 0. The maximum Gasteiger partial charge on any atom is 0.419 e. The van der Waals surface area contributed by atoms with Crippen molar-refractivity contribution in [3.05, 3.63) is 54.1 Å². The molecule has 0 radical (unpaired) electrons. The van der Waals surface area contributed by atoms with Crippen molar-refractivity contribution in [2.45, 2.75) is 6.92 Å². The number of fused-ring (bicyclic) bond motifs is 1. The van der Waals surface area contributed by atoms with Crippen LogP contribution in [-0.4, -0.2) is 19.2 Å². The van der Waals surface area contributed by atoms with Crippen LogP contribution in [0.1, 0.15) is 5.56 Å². The Labute approximate surface area is 117 Å². The van der Waals surface area contributed by atoms with Gasteiger partial charge in [-0.25, -0.2) is 4.79 Å². The number of carbonyl (C=O) groups is 1. The summed E-state index contributed by atoms with van der Waals surface area (Å²) in [5.41, 5.74) is 1.84. The lowest BCUT2D eigenvalue weighted by atomic mass is 10.2. The number of amides is 1. The highest BCUT2D eigenvalue weighted by Gasteiger charge is 2.25. The van der Waals surface area contributed by atoms with Crippen LogP contribution in [0.25, 0.3) is 0 Å². The number of nitrogens with zero attached hydrogens (tertiary/aromatic N) is 1. The van der Waals surface area contributed by atoms with Gasteiger partial charge in [0.1, 0.15) is 18.1 Å². The molecule has 0 aromatic heterocycles. The second kappa shape index (κ2) is 5.25. The van der Waals surface area contributed by atoms with Crippen LogP contribution in [0.3, 0.4) is 0 Å². The van der Waals surface area contributed by atoms with E-state index in [0.29, 0.717) is 24.7 Å². The average Bonchev–Trinajstić information content (AvgIpc) is 2.47. The molecule has 1 aliphatic rings. The van der Waals surface area contributed by atoms with Crippen molar-refractivity contribution >= 4 is 11.8 Å². The molecule has 4 heteroatoms. The van der Waals surface area contributed by atoms with E-state index in [9.17, 15) is 4.79 Å². The molecule has 0 N–H and O–H groups in total. The Hall–Kier alpha value is -2.49. The molecule has 0 spiro atoms. The standard InChI is InChI=1S/C16H15NO3/c1-12-7-8-15-14(11-12)17(9-10-19-15)16(18)20-13-5-3-2-4-6-13/h2-8,11H,9-10H2,1H3. The van der Waals surface area contributed by atoms with Crippen molar-refractivity contribution in [2.24, 2.45) is 0 Å². The first kappa shape index (κ1) is 12.5. The van der Waals surface area contributed by atoms with Crippen molar-refractivity contribution in [1.82, 2.24) is 0 Å². The number of anilines is 1. The van der Waals surface area contributed by atoms with Gasteiger partial charge in [-0.15, -0.1) is 0 Å². The Bertz CT molecular complexity index is 625. The fraction of sp³-hybridized carbons (Fsp3) is 0.188. The zero-order valence-corrected chi connectivity index (χ0v) is 11.2. The molecule has 3 rings (SSSR count). The molecular formula is C16H15NO3. The largest absolute Gasteiger partial charge is 0.490 e. The number of para-hydroxylation sites is 1. The minimum Gasteiger partial charge on any atom is -0.490 e. The summed E-state index contributed by atoms with van der Waals surface area (Å²) in [6.45, 7) is 2.94. The van der Waals surface area contributed by atoms with Crippen molar-refractivity contribution in [3.8, 4) is 11.5 Å². The van der Waals surface area contributed by atoms with Crippen LogP contribution in [0, 0.1) is 6.92 Å². The van der Waals surface area contributed by atoms with Gasteiger partial charge in [0.25, 0.3) is 0 Å². The molecule has 1 heterocycles. The predicted molar refractivity (Wildman–Crippen MR) is 76.5 cm³/mol. The van der Waals surface area contributed by atoms with Crippen LogP contribution in [0.5, 0.6) is 11.5 Å². The first-order valence-electron chi connectivity index (χ1n) is 6.52. The molecule has 20 heavy (non-hydrogen) atoms. The topological polar surface area (TPSA) is 38.8 Å². The van der Waals surface area contributed by atoms with Crippen LogP contribution in [0.2, 0.25) is 0 Å². The number of aryl methyl sites for hydroxylation is 1. The summed E-state index contributed by atoms with van der Waals surface area (Å²) < 4.78 is 10.9. The highest BCUT2D eigenvalue weighted by Crippen LogP contribution is 2.32. The Morgan fingerprint density at radius 2 is 2.00 bits per heavy atom. The summed E-state index contributed by atoms with van der Waals surface area (Å²) in [5.74, 6) is 1.25. The SMILES string of the molecule is Cc1ccc2c(c1)N(C(=O)Oc1ccccc1)CCO2. The van der Waals surface area contributed by atoms with E-state index < -0.39 is 0 Å². The molecule has 0 aliphatic carbocycles. The van der Waals surface area contributed by atoms with Crippen LogP contribution >= 0.6 is 0 Å². The Morgan fingerprint density at radius 3 is 2.80 bits per heavy atom. The third-order valence-electron chi connectivity index (χ3n) is 3.15. The maximum atomic E-state index is 12.3. The number of carbonyl (C=O) groups excluding carboxylic acids is 1. The van der Waals surface area contributed by atoms with Gasteiger partial charge in [-0.1, -0.05) is 24.3 Å². The van der Waals surface area contributed by atoms with Gasteiger partial charge in [-0.05, 0) is 36.8 Å². The van der Waals surface area contributed by atoms with Gasteiger partial charge in [0.2, 0.25) is 0 Å². The number of benzene rings is 2. The molecule has 0 atom stereocenters. The molecule has 0 fully saturated rings. The van der Waals surface area contributed by atoms with Gasteiger partial charge in [0.05, 0.1) is 12.2 Å². The maximum absolute atomic E-state index is 12.3. The molecule has 1 amide bonds. The van der Waals surface area contributed by atoms with Gasteiger partial charge in [0, 0.05) is 0 Å². The first-order valence-corrected chi connectivity index (χ1v) is 6.52. The molecular weight excluding hydrogens is 254 g/mol. The zero-order chi connectivity index (χ0) is 13.9. The van der Waals surface area contributed by atoms with Crippen LogP contribution in [0.4, 0.5) is 10.5 Å².